The fraction of sp³-hybridized carbons (Fsp3) is 0.405. The van der Waals surface area contributed by atoms with Crippen LogP contribution >= 0.6 is 0 Å². The standard InChI is InChI=1S/C37H46O5Si/c1-11-32(42-43(9,10)36(3,4)5)35-33(40-37(6,7)41-35)26(2)25-39-34(29-15-13-12-14-16-29)30-19-17-27(18-20-30)28-21-23-31(38-8)24-22-28/h1,12-24,32-35H,2,25H2,3-10H3/t32-,33+,34+,35-/m0/s1. The predicted octanol–water partition coefficient (Wildman–Crippen LogP) is 8.57. The van der Waals surface area contributed by atoms with Crippen LogP contribution in [0.15, 0.2) is 91.0 Å². The largest absolute Gasteiger partial charge is 0.497 e. The highest BCUT2D eigenvalue weighted by molar-refractivity contribution is 6.74. The van der Waals surface area contributed by atoms with E-state index in [4.69, 9.17) is 29.8 Å². The van der Waals surface area contributed by atoms with Gasteiger partial charge in [0.05, 0.1) is 13.7 Å². The van der Waals surface area contributed by atoms with E-state index in [0.717, 1.165) is 33.6 Å². The third kappa shape index (κ3) is 7.86. The fourth-order valence-electron chi connectivity index (χ4n) is 4.94. The van der Waals surface area contributed by atoms with E-state index in [1.807, 2.05) is 44.2 Å². The number of hydrogen-bond acceptors (Lipinski definition) is 5. The van der Waals surface area contributed by atoms with Crippen LogP contribution in [-0.2, 0) is 18.6 Å². The average molecular weight is 599 g/mol. The lowest BCUT2D eigenvalue weighted by Crippen LogP contribution is -2.49. The topological polar surface area (TPSA) is 46.2 Å². The number of benzene rings is 3. The van der Waals surface area contributed by atoms with Crippen LogP contribution in [0.2, 0.25) is 18.1 Å². The van der Waals surface area contributed by atoms with E-state index in [0.29, 0.717) is 0 Å². The van der Waals surface area contributed by atoms with Crippen LogP contribution in [0.5, 0.6) is 5.75 Å². The summed E-state index contributed by atoms with van der Waals surface area (Å²) in [4.78, 5) is 0. The summed E-state index contributed by atoms with van der Waals surface area (Å²) >= 11 is 0. The van der Waals surface area contributed by atoms with Crippen LogP contribution in [0.3, 0.4) is 0 Å². The molecule has 3 aromatic carbocycles. The van der Waals surface area contributed by atoms with E-state index < -0.39 is 32.4 Å². The van der Waals surface area contributed by atoms with Crippen molar-refractivity contribution in [3.05, 3.63) is 102 Å². The van der Waals surface area contributed by atoms with Crippen molar-refractivity contribution in [2.75, 3.05) is 13.7 Å². The molecule has 6 heteroatoms. The molecule has 5 nitrogen and oxygen atoms in total. The van der Waals surface area contributed by atoms with E-state index in [1.165, 1.54) is 0 Å². The summed E-state index contributed by atoms with van der Waals surface area (Å²) in [6.45, 7) is 19.4. The molecule has 0 unspecified atom stereocenters. The van der Waals surface area contributed by atoms with Crippen molar-refractivity contribution < 1.29 is 23.4 Å². The molecule has 0 spiro atoms. The lowest BCUT2D eigenvalue weighted by atomic mass is 9.97. The first-order valence-corrected chi connectivity index (χ1v) is 17.7. The van der Waals surface area contributed by atoms with Gasteiger partial charge in [0.15, 0.2) is 14.1 Å². The number of methoxy groups -OCH3 is 1. The molecule has 0 saturated carbocycles. The Morgan fingerprint density at radius 3 is 2.02 bits per heavy atom. The van der Waals surface area contributed by atoms with Crippen LogP contribution in [0, 0.1) is 12.3 Å². The van der Waals surface area contributed by atoms with Crippen LogP contribution in [0.4, 0.5) is 0 Å². The lowest BCUT2D eigenvalue weighted by Gasteiger charge is -2.39. The summed E-state index contributed by atoms with van der Waals surface area (Å²) in [5.41, 5.74) is 5.08. The van der Waals surface area contributed by atoms with E-state index >= 15 is 0 Å². The zero-order valence-electron chi connectivity index (χ0n) is 26.8. The van der Waals surface area contributed by atoms with Gasteiger partial charge in [-0.05, 0) is 71.9 Å². The highest BCUT2D eigenvalue weighted by Crippen LogP contribution is 2.41. The quantitative estimate of drug-likeness (QED) is 0.126. The first-order chi connectivity index (χ1) is 20.2. The third-order valence-corrected chi connectivity index (χ3v) is 12.9. The van der Waals surface area contributed by atoms with Gasteiger partial charge in [0.25, 0.3) is 0 Å². The molecule has 0 aliphatic carbocycles. The normalized spacial score (nSPS) is 19.8. The molecule has 1 fully saturated rings. The van der Waals surface area contributed by atoms with Crippen LogP contribution in [0.1, 0.15) is 51.8 Å². The fourth-order valence-corrected chi connectivity index (χ4v) is 6.13. The molecule has 0 amide bonds. The van der Waals surface area contributed by atoms with E-state index in [2.05, 4.69) is 94.9 Å². The molecule has 1 aliphatic rings. The first-order valence-electron chi connectivity index (χ1n) is 14.8. The maximum absolute atomic E-state index is 6.64. The zero-order valence-corrected chi connectivity index (χ0v) is 27.8. The molecule has 4 rings (SSSR count). The second-order valence-corrected chi connectivity index (χ2v) is 17.9. The molecule has 1 heterocycles. The van der Waals surface area contributed by atoms with Gasteiger partial charge >= 0.3 is 0 Å². The van der Waals surface area contributed by atoms with Gasteiger partial charge in [-0.3, -0.25) is 0 Å². The van der Waals surface area contributed by atoms with E-state index in [-0.39, 0.29) is 17.7 Å². The SMILES string of the molecule is C#C[C@H](O[Si](C)(C)C(C)(C)C)[C@@H]1OC(C)(C)O[C@@H]1C(=C)CO[C@H](c1ccccc1)c1ccc(-c2ccc(OC)cc2)cc1. The van der Waals surface area contributed by atoms with Gasteiger partial charge in [-0.15, -0.1) is 6.42 Å². The molecule has 0 aromatic heterocycles. The molecule has 4 atom stereocenters. The molecule has 1 saturated heterocycles. The minimum Gasteiger partial charge on any atom is -0.497 e. The van der Waals surface area contributed by atoms with Crippen molar-refractivity contribution in [1.82, 2.24) is 0 Å². The van der Waals surface area contributed by atoms with Crippen LogP contribution in [-0.4, -0.2) is 46.1 Å². The Balaban J connectivity index is 1.54. The summed E-state index contributed by atoms with van der Waals surface area (Å²) in [6, 6.07) is 26.7. The van der Waals surface area contributed by atoms with Crippen molar-refractivity contribution >= 4 is 8.32 Å². The molecule has 0 bridgehead atoms. The van der Waals surface area contributed by atoms with Gasteiger partial charge in [-0.2, -0.15) is 0 Å². The smallest absolute Gasteiger partial charge is 0.193 e. The van der Waals surface area contributed by atoms with Gasteiger partial charge in [0.1, 0.15) is 30.2 Å². The predicted molar refractivity (Wildman–Crippen MR) is 177 cm³/mol. The highest BCUT2D eigenvalue weighted by Gasteiger charge is 2.49. The molecule has 228 valence electrons. The summed E-state index contributed by atoms with van der Waals surface area (Å²) in [5, 5.41) is -0.00146. The molecule has 3 aromatic rings. The van der Waals surface area contributed by atoms with E-state index in [1.54, 1.807) is 7.11 Å². The maximum Gasteiger partial charge on any atom is 0.193 e. The second-order valence-electron chi connectivity index (χ2n) is 13.1. The Morgan fingerprint density at radius 1 is 0.930 bits per heavy atom. The van der Waals surface area contributed by atoms with Crippen LogP contribution in [0.25, 0.3) is 11.1 Å². The van der Waals surface area contributed by atoms with Gasteiger partial charge in [0.2, 0.25) is 0 Å². The Hall–Kier alpha value is -3.18. The summed E-state index contributed by atoms with van der Waals surface area (Å²) < 4.78 is 31.3. The Morgan fingerprint density at radius 2 is 1.49 bits per heavy atom. The monoisotopic (exact) mass is 598 g/mol. The van der Waals surface area contributed by atoms with Crippen molar-refractivity contribution in [2.24, 2.45) is 0 Å². The van der Waals surface area contributed by atoms with Crippen molar-refractivity contribution in [2.45, 2.75) is 83.0 Å². The average Bonchev–Trinajstić information content (AvgIpc) is 3.31. The molecular weight excluding hydrogens is 552 g/mol. The molecule has 0 radical (unpaired) electrons. The third-order valence-electron chi connectivity index (χ3n) is 8.40. The number of terminal acetylenes is 1. The summed E-state index contributed by atoms with van der Waals surface area (Å²) in [6.07, 6.45) is 4.20. The molecule has 1 aliphatic heterocycles. The minimum atomic E-state index is -2.17. The van der Waals surface area contributed by atoms with Crippen molar-refractivity contribution in [1.29, 1.82) is 0 Å². The second kappa shape index (κ2) is 13.2. The zero-order chi connectivity index (χ0) is 31.4. The molecule has 0 N–H and O–H groups in total. The number of hydrogen-bond donors (Lipinski definition) is 0. The molecular formula is C37H46O5Si. The first kappa shape index (κ1) is 32.7. The van der Waals surface area contributed by atoms with Gasteiger partial charge in [-0.1, -0.05) is 100 Å². The number of rotatable bonds is 11. The van der Waals surface area contributed by atoms with Crippen LogP contribution < -0.4 is 4.74 Å². The highest BCUT2D eigenvalue weighted by atomic mass is 28.4. The number of ether oxygens (including phenoxy) is 4. The summed E-state index contributed by atoms with van der Waals surface area (Å²) in [7, 11) is -0.499. The Labute approximate surface area is 259 Å². The van der Waals surface area contributed by atoms with Crippen molar-refractivity contribution in [3.8, 4) is 29.2 Å². The molecule has 43 heavy (non-hydrogen) atoms. The van der Waals surface area contributed by atoms with E-state index in [9.17, 15) is 0 Å². The Bertz CT molecular complexity index is 1400. The van der Waals surface area contributed by atoms with Gasteiger partial charge < -0.3 is 23.4 Å². The van der Waals surface area contributed by atoms with Crippen molar-refractivity contribution in [3.63, 3.8) is 0 Å². The lowest BCUT2D eigenvalue weighted by molar-refractivity contribution is -0.150. The maximum atomic E-state index is 6.64. The van der Waals surface area contributed by atoms with Gasteiger partial charge in [0, 0.05) is 0 Å². The Kier molecular flexibility index (Phi) is 10.1. The van der Waals surface area contributed by atoms with Gasteiger partial charge in [-0.25, -0.2) is 0 Å². The minimum absolute atomic E-state index is 0.00146. The summed E-state index contributed by atoms with van der Waals surface area (Å²) in [5.74, 6) is 2.86.